The van der Waals surface area contributed by atoms with Gasteiger partial charge in [0.15, 0.2) is 5.13 Å². The second-order valence-corrected chi connectivity index (χ2v) is 6.35. The van der Waals surface area contributed by atoms with Crippen LogP contribution in [0, 0.1) is 0 Å². The Labute approximate surface area is 126 Å². The van der Waals surface area contributed by atoms with E-state index in [1.54, 1.807) is 19.2 Å². The molecule has 1 aliphatic heterocycles. The number of nitrogens with one attached hydrogen (secondary N) is 1. The lowest BCUT2D eigenvalue weighted by molar-refractivity contribution is -0.147. The summed E-state index contributed by atoms with van der Waals surface area (Å²) in [5.41, 5.74) is -0.644. The number of aliphatic carboxylic acids is 1. The Morgan fingerprint density at radius 2 is 2.19 bits per heavy atom. The van der Waals surface area contributed by atoms with Crippen molar-refractivity contribution in [2.75, 3.05) is 12.4 Å². The number of carbonyl (C=O) groups is 3. The van der Waals surface area contributed by atoms with Gasteiger partial charge in [-0.15, -0.1) is 11.3 Å². The molecule has 0 radical (unpaired) electrons. The van der Waals surface area contributed by atoms with E-state index in [9.17, 15) is 19.5 Å². The van der Waals surface area contributed by atoms with Crippen LogP contribution in [0.5, 0.6) is 0 Å². The molecule has 0 aromatic carbocycles. The van der Waals surface area contributed by atoms with E-state index >= 15 is 0 Å². The fourth-order valence-corrected chi connectivity index (χ4v) is 2.87. The monoisotopic (exact) mass is 311 g/mol. The molecule has 1 aromatic rings. The molecule has 2 rings (SSSR count). The Bertz CT molecular complexity index is 596. The highest BCUT2D eigenvalue weighted by atomic mass is 32.1. The highest BCUT2D eigenvalue weighted by Crippen LogP contribution is 2.28. The number of carboxylic acid groups (broad SMARTS) is 1. The summed E-state index contributed by atoms with van der Waals surface area (Å²) >= 11 is 1.25. The number of carbonyl (C=O) groups excluding carboxylic acids is 2. The van der Waals surface area contributed by atoms with Crippen LogP contribution in [0.25, 0.3) is 0 Å². The van der Waals surface area contributed by atoms with Crippen LogP contribution in [0.2, 0.25) is 0 Å². The Kier molecular flexibility index (Phi) is 3.99. The summed E-state index contributed by atoms with van der Waals surface area (Å²) in [4.78, 5) is 39.9. The number of nitrogens with zero attached hydrogens (tertiary/aromatic N) is 2. The first-order chi connectivity index (χ1) is 9.73. The third-order valence-electron chi connectivity index (χ3n) is 3.63. The first-order valence-electron chi connectivity index (χ1n) is 6.50. The van der Waals surface area contributed by atoms with Crippen molar-refractivity contribution in [3.63, 3.8) is 0 Å². The van der Waals surface area contributed by atoms with Crippen molar-refractivity contribution in [1.82, 2.24) is 9.88 Å². The molecule has 8 heteroatoms. The standard InChI is InChI=1S/C13H17N3O4S/c1-13(2,11(19)20)8-6-21-12(15-8)14-7-4-5-9(17)16(3)10(7)18/h6-7H,4-5H2,1-3H3,(H,14,15)(H,19,20). The Balaban J connectivity index is 2.12. The smallest absolute Gasteiger partial charge is 0.315 e. The molecule has 114 valence electrons. The van der Waals surface area contributed by atoms with E-state index in [0.29, 0.717) is 23.7 Å². The number of anilines is 1. The lowest BCUT2D eigenvalue weighted by Gasteiger charge is -2.28. The second-order valence-electron chi connectivity index (χ2n) is 5.49. The molecule has 1 aromatic heterocycles. The normalized spacial score (nSPS) is 19.8. The van der Waals surface area contributed by atoms with Crippen molar-refractivity contribution in [2.45, 2.75) is 38.1 Å². The minimum Gasteiger partial charge on any atom is -0.481 e. The van der Waals surface area contributed by atoms with E-state index in [2.05, 4.69) is 10.3 Å². The average molecular weight is 311 g/mol. The van der Waals surface area contributed by atoms with Crippen molar-refractivity contribution in [1.29, 1.82) is 0 Å². The molecule has 2 N–H and O–H groups in total. The number of carboxylic acids is 1. The number of amides is 2. The number of likely N-dealkylation sites (N-methyl/N-ethyl adjacent to an activating group) is 1. The number of rotatable bonds is 4. The van der Waals surface area contributed by atoms with Crippen LogP contribution >= 0.6 is 11.3 Å². The summed E-state index contributed by atoms with van der Waals surface area (Å²) in [6.45, 7) is 3.15. The first kappa shape index (κ1) is 15.4. The van der Waals surface area contributed by atoms with Gasteiger partial charge in [-0.25, -0.2) is 4.98 Å². The molecule has 1 saturated heterocycles. The minimum absolute atomic E-state index is 0.190. The Morgan fingerprint density at radius 3 is 2.81 bits per heavy atom. The molecule has 0 spiro atoms. The van der Waals surface area contributed by atoms with Gasteiger partial charge in [0.25, 0.3) is 5.91 Å². The summed E-state index contributed by atoms with van der Waals surface area (Å²) in [5, 5.41) is 14.3. The van der Waals surface area contributed by atoms with Crippen LogP contribution in [-0.4, -0.2) is 45.9 Å². The largest absolute Gasteiger partial charge is 0.481 e. The van der Waals surface area contributed by atoms with E-state index in [1.165, 1.54) is 18.4 Å². The molecule has 0 aliphatic carbocycles. The number of hydrogen-bond donors (Lipinski definition) is 2. The molecule has 1 aliphatic rings. The van der Waals surface area contributed by atoms with Crippen LogP contribution in [-0.2, 0) is 19.8 Å². The van der Waals surface area contributed by atoms with E-state index in [1.807, 2.05) is 0 Å². The van der Waals surface area contributed by atoms with E-state index < -0.39 is 17.4 Å². The van der Waals surface area contributed by atoms with E-state index in [0.717, 1.165) is 4.90 Å². The number of hydrogen-bond acceptors (Lipinski definition) is 6. The van der Waals surface area contributed by atoms with Crippen LogP contribution in [0.1, 0.15) is 32.4 Å². The third kappa shape index (κ3) is 2.90. The number of piperidine rings is 1. The maximum atomic E-state index is 12.0. The maximum Gasteiger partial charge on any atom is 0.315 e. The number of aromatic nitrogens is 1. The third-order valence-corrected chi connectivity index (χ3v) is 4.40. The first-order valence-corrected chi connectivity index (χ1v) is 7.37. The molecule has 2 amide bonds. The molecule has 1 unspecified atom stereocenters. The molecule has 0 saturated carbocycles. The van der Waals surface area contributed by atoms with Gasteiger partial charge in [-0.2, -0.15) is 0 Å². The second kappa shape index (κ2) is 5.44. The lowest BCUT2D eigenvalue weighted by atomic mass is 9.90. The molecule has 21 heavy (non-hydrogen) atoms. The maximum absolute atomic E-state index is 12.0. The topological polar surface area (TPSA) is 99.6 Å². The van der Waals surface area contributed by atoms with Crippen LogP contribution < -0.4 is 5.32 Å². The minimum atomic E-state index is -1.08. The molecular weight excluding hydrogens is 294 g/mol. The van der Waals surface area contributed by atoms with Gasteiger partial charge < -0.3 is 10.4 Å². The van der Waals surface area contributed by atoms with Gasteiger partial charge in [-0.3, -0.25) is 19.3 Å². The number of likely N-dealkylation sites (tertiary alicyclic amines) is 1. The van der Waals surface area contributed by atoms with Crippen molar-refractivity contribution in [3.8, 4) is 0 Å². The average Bonchev–Trinajstić information content (AvgIpc) is 2.88. The van der Waals surface area contributed by atoms with Gasteiger partial charge in [0, 0.05) is 18.8 Å². The van der Waals surface area contributed by atoms with Crippen molar-refractivity contribution in [2.24, 2.45) is 0 Å². The van der Waals surface area contributed by atoms with Crippen molar-refractivity contribution >= 4 is 34.3 Å². The zero-order chi connectivity index (χ0) is 15.8. The molecule has 2 heterocycles. The number of imide groups is 1. The quantitative estimate of drug-likeness (QED) is 0.807. The summed E-state index contributed by atoms with van der Waals surface area (Å²) in [5.74, 6) is -1.44. The van der Waals surface area contributed by atoms with Gasteiger partial charge in [-0.1, -0.05) is 0 Å². The summed E-state index contributed by atoms with van der Waals surface area (Å²) in [7, 11) is 1.46. The Hall–Kier alpha value is -1.96. The zero-order valence-electron chi connectivity index (χ0n) is 12.0. The highest BCUT2D eigenvalue weighted by molar-refractivity contribution is 7.13. The SMILES string of the molecule is CN1C(=O)CCC(Nc2nc(C(C)(C)C(=O)O)cs2)C1=O. The molecule has 7 nitrogen and oxygen atoms in total. The number of thiazole rings is 1. The molecular formula is C13H17N3O4S. The van der Waals surface area contributed by atoms with Crippen LogP contribution in [0.15, 0.2) is 5.38 Å². The van der Waals surface area contributed by atoms with Gasteiger partial charge in [0.2, 0.25) is 5.91 Å². The fourth-order valence-electron chi connectivity index (χ4n) is 1.94. The van der Waals surface area contributed by atoms with Crippen molar-refractivity contribution < 1.29 is 19.5 Å². The predicted molar refractivity (Wildman–Crippen MR) is 77.2 cm³/mol. The van der Waals surface area contributed by atoms with Gasteiger partial charge in [-0.05, 0) is 20.3 Å². The Morgan fingerprint density at radius 1 is 1.52 bits per heavy atom. The molecule has 1 atom stereocenters. The lowest BCUT2D eigenvalue weighted by Crippen LogP contribution is -2.48. The fraction of sp³-hybridized carbons (Fsp3) is 0.538. The predicted octanol–water partition coefficient (Wildman–Crippen LogP) is 1.06. The van der Waals surface area contributed by atoms with Crippen molar-refractivity contribution in [3.05, 3.63) is 11.1 Å². The van der Waals surface area contributed by atoms with Crippen LogP contribution in [0.4, 0.5) is 5.13 Å². The zero-order valence-corrected chi connectivity index (χ0v) is 12.9. The van der Waals surface area contributed by atoms with Gasteiger partial charge >= 0.3 is 5.97 Å². The molecule has 0 bridgehead atoms. The summed E-state index contributed by atoms with van der Waals surface area (Å²) in [6, 6.07) is -0.500. The highest BCUT2D eigenvalue weighted by Gasteiger charge is 2.34. The summed E-state index contributed by atoms with van der Waals surface area (Å²) < 4.78 is 0. The molecule has 1 fully saturated rings. The summed E-state index contributed by atoms with van der Waals surface area (Å²) in [6.07, 6.45) is 0.720. The van der Waals surface area contributed by atoms with E-state index in [4.69, 9.17) is 0 Å². The van der Waals surface area contributed by atoms with Gasteiger partial charge in [0.05, 0.1) is 5.69 Å². The van der Waals surface area contributed by atoms with Gasteiger partial charge in [0.1, 0.15) is 11.5 Å². The van der Waals surface area contributed by atoms with Crippen LogP contribution in [0.3, 0.4) is 0 Å². The van der Waals surface area contributed by atoms with E-state index in [-0.39, 0.29) is 11.8 Å².